The summed E-state index contributed by atoms with van der Waals surface area (Å²) < 4.78 is 0. The molecule has 0 saturated carbocycles. The summed E-state index contributed by atoms with van der Waals surface area (Å²) in [6.45, 7) is 6.36. The Bertz CT molecular complexity index is 191. The predicted molar refractivity (Wildman–Crippen MR) is 43.7 cm³/mol. The lowest BCUT2D eigenvalue weighted by Crippen LogP contribution is -2.20. The van der Waals surface area contributed by atoms with E-state index in [-0.39, 0.29) is 0 Å². The number of allylic oxidation sites excluding steroid dienone is 1. The number of aliphatic imine (C=N–C) groups is 1. The molecule has 0 spiro atoms. The summed E-state index contributed by atoms with van der Waals surface area (Å²) in [4.78, 5) is 4.17. The first-order valence-corrected chi connectivity index (χ1v) is 3.63. The molecule has 0 aromatic rings. The van der Waals surface area contributed by atoms with Gasteiger partial charge < -0.3 is 5.73 Å². The molecule has 0 aliphatic carbocycles. The van der Waals surface area contributed by atoms with Crippen LogP contribution in [0.15, 0.2) is 16.9 Å². The van der Waals surface area contributed by atoms with Crippen molar-refractivity contribution in [3.8, 4) is 0 Å². The molecule has 1 rings (SSSR count). The number of hydrogen-bond donors (Lipinski definition) is 1. The Morgan fingerprint density at radius 1 is 1.50 bits per heavy atom. The third kappa shape index (κ3) is 1.20. The van der Waals surface area contributed by atoms with Crippen LogP contribution in [0.25, 0.3) is 0 Å². The van der Waals surface area contributed by atoms with Crippen LogP contribution in [0.4, 0.5) is 0 Å². The average Bonchev–Trinajstić information content (AvgIpc) is 1.82. The van der Waals surface area contributed by atoms with Crippen LogP contribution >= 0.6 is 0 Å². The van der Waals surface area contributed by atoms with Crippen LogP contribution < -0.4 is 5.73 Å². The molecule has 0 saturated heterocycles. The minimum Gasteiger partial charge on any atom is -0.384 e. The normalized spacial score (nSPS) is 33.1. The van der Waals surface area contributed by atoms with E-state index in [1.807, 2.05) is 13.0 Å². The summed E-state index contributed by atoms with van der Waals surface area (Å²) in [5.41, 5.74) is 6.70. The van der Waals surface area contributed by atoms with Gasteiger partial charge in [-0.3, -0.25) is 0 Å². The summed E-state index contributed by atoms with van der Waals surface area (Å²) in [6, 6.07) is 0. The van der Waals surface area contributed by atoms with Crippen LogP contribution in [-0.4, -0.2) is 5.71 Å². The van der Waals surface area contributed by atoms with E-state index in [0.29, 0.717) is 17.7 Å². The lowest BCUT2D eigenvalue weighted by atomic mass is 9.90. The smallest absolute Gasteiger partial charge is 0.119 e. The van der Waals surface area contributed by atoms with Gasteiger partial charge in [0.25, 0.3) is 0 Å². The first kappa shape index (κ1) is 7.32. The monoisotopic (exact) mass is 138 g/mol. The average molecular weight is 138 g/mol. The zero-order chi connectivity index (χ0) is 7.72. The summed E-state index contributed by atoms with van der Waals surface area (Å²) >= 11 is 0. The third-order valence-electron chi connectivity index (χ3n) is 2.19. The zero-order valence-corrected chi connectivity index (χ0v) is 6.76. The molecule has 2 N–H and O–H groups in total. The molecule has 56 valence electrons. The largest absolute Gasteiger partial charge is 0.384 e. The Morgan fingerprint density at radius 3 is 2.60 bits per heavy atom. The molecule has 0 bridgehead atoms. The minimum atomic E-state index is 0.539. The van der Waals surface area contributed by atoms with Gasteiger partial charge >= 0.3 is 0 Å². The van der Waals surface area contributed by atoms with E-state index in [4.69, 9.17) is 5.73 Å². The first-order valence-electron chi connectivity index (χ1n) is 3.63. The Morgan fingerprint density at radius 2 is 2.10 bits per heavy atom. The standard InChI is InChI=1S/C8H14N2/c1-5-4-8(9)10-7(3)6(5)2/h4-6H,9H2,1-3H3. The summed E-state index contributed by atoms with van der Waals surface area (Å²) in [7, 11) is 0. The molecule has 1 heterocycles. The van der Waals surface area contributed by atoms with Gasteiger partial charge in [-0.25, -0.2) is 4.99 Å². The lowest BCUT2D eigenvalue weighted by molar-refractivity contribution is 0.572. The predicted octanol–water partition coefficient (Wildman–Crippen LogP) is 1.53. The highest BCUT2D eigenvalue weighted by Gasteiger charge is 2.16. The molecule has 2 atom stereocenters. The second-order valence-electron chi connectivity index (χ2n) is 2.99. The topological polar surface area (TPSA) is 38.4 Å². The van der Waals surface area contributed by atoms with Crippen molar-refractivity contribution < 1.29 is 0 Å². The Labute approximate surface area is 61.8 Å². The molecule has 0 fully saturated rings. The number of hydrogen-bond acceptors (Lipinski definition) is 2. The molecule has 2 nitrogen and oxygen atoms in total. The Kier molecular flexibility index (Phi) is 1.79. The van der Waals surface area contributed by atoms with E-state index in [1.165, 1.54) is 0 Å². The van der Waals surface area contributed by atoms with E-state index < -0.39 is 0 Å². The van der Waals surface area contributed by atoms with Crippen molar-refractivity contribution in [2.45, 2.75) is 20.8 Å². The zero-order valence-electron chi connectivity index (χ0n) is 6.76. The van der Waals surface area contributed by atoms with Gasteiger partial charge in [0.05, 0.1) is 0 Å². The first-order chi connectivity index (χ1) is 4.61. The molecule has 0 amide bonds. The molecule has 10 heavy (non-hydrogen) atoms. The molecular formula is C8H14N2. The van der Waals surface area contributed by atoms with Gasteiger partial charge in [0, 0.05) is 11.6 Å². The van der Waals surface area contributed by atoms with E-state index in [9.17, 15) is 0 Å². The van der Waals surface area contributed by atoms with Gasteiger partial charge in [-0.1, -0.05) is 13.8 Å². The van der Waals surface area contributed by atoms with Gasteiger partial charge in [0.15, 0.2) is 0 Å². The maximum absolute atomic E-state index is 5.55. The lowest BCUT2D eigenvalue weighted by Gasteiger charge is -2.20. The second kappa shape index (κ2) is 2.45. The fourth-order valence-corrected chi connectivity index (χ4v) is 1.14. The molecule has 0 radical (unpaired) electrons. The van der Waals surface area contributed by atoms with E-state index in [1.54, 1.807) is 0 Å². The van der Waals surface area contributed by atoms with Gasteiger partial charge in [-0.15, -0.1) is 0 Å². The maximum atomic E-state index is 5.55. The summed E-state index contributed by atoms with van der Waals surface area (Å²) in [5, 5.41) is 0. The molecule has 1 aliphatic heterocycles. The van der Waals surface area contributed by atoms with E-state index in [0.717, 1.165) is 5.71 Å². The highest BCUT2D eigenvalue weighted by Crippen LogP contribution is 2.20. The van der Waals surface area contributed by atoms with Crippen molar-refractivity contribution in [1.82, 2.24) is 0 Å². The SMILES string of the molecule is CC1=NC(N)=CC(C)C1C. The van der Waals surface area contributed by atoms with Crippen LogP contribution in [0.1, 0.15) is 20.8 Å². The van der Waals surface area contributed by atoms with E-state index in [2.05, 4.69) is 18.8 Å². The summed E-state index contributed by atoms with van der Waals surface area (Å²) in [6.07, 6.45) is 2.01. The maximum Gasteiger partial charge on any atom is 0.119 e. The van der Waals surface area contributed by atoms with Crippen molar-refractivity contribution in [3.63, 3.8) is 0 Å². The third-order valence-corrected chi connectivity index (χ3v) is 2.19. The van der Waals surface area contributed by atoms with Gasteiger partial charge in [0.1, 0.15) is 5.82 Å². The highest BCUT2D eigenvalue weighted by atomic mass is 14.9. The van der Waals surface area contributed by atoms with E-state index >= 15 is 0 Å². The van der Waals surface area contributed by atoms with Crippen molar-refractivity contribution >= 4 is 5.71 Å². The number of nitrogens with two attached hydrogens (primary N) is 1. The van der Waals surface area contributed by atoms with Crippen molar-refractivity contribution in [2.75, 3.05) is 0 Å². The molecule has 2 unspecified atom stereocenters. The van der Waals surface area contributed by atoms with Crippen LogP contribution in [0.2, 0.25) is 0 Å². The molecule has 0 aromatic carbocycles. The quantitative estimate of drug-likeness (QED) is 0.541. The van der Waals surface area contributed by atoms with Gasteiger partial charge in [-0.2, -0.15) is 0 Å². The van der Waals surface area contributed by atoms with Gasteiger partial charge in [0.2, 0.25) is 0 Å². The summed E-state index contributed by atoms with van der Waals surface area (Å²) in [5.74, 6) is 1.76. The van der Waals surface area contributed by atoms with Gasteiger partial charge in [-0.05, 0) is 18.9 Å². The molecule has 2 heteroatoms. The Balaban J connectivity index is 2.85. The van der Waals surface area contributed by atoms with Crippen molar-refractivity contribution in [1.29, 1.82) is 0 Å². The minimum absolute atomic E-state index is 0.539. The molecule has 0 aromatic heterocycles. The van der Waals surface area contributed by atoms with Crippen LogP contribution in [0.5, 0.6) is 0 Å². The second-order valence-corrected chi connectivity index (χ2v) is 2.99. The van der Waals surface area contributed by atoms with Crippen LogP contribution in [0.3, 0.4) is 0 Å². The van der Waals surface area contributed by atoms with Crippen molar-refractivity contribution in [3.05, 3.63) is 11.9 Å². The van der Waals surface area contributed by atoms with Crippen molar-refractivity contribution in [2.24, 2.45) is 22.6 Å². The number of rotatable bonds is 0. The Hall–Kier alpha value is -0.790. The van der Waals surface area contributed by atoms with Crippen LogP contribution in [-0.2, 0) is 0 Å². The molecule has 1 aliphatic rings. The van der Waals surface area contributed by atoms with Crippen LogP contribution in [0, 0.1) is 11.8 Å². The highest BCUT2D eigenvalue weighted by molar-refractivity contribution is 5.86. The molecular weight excluding hydrogens is 124 g/mol. The number of nitrogens with zero attached hydrogens (tertiary/aromatic N) is 1. The fourth-order valence-electron chi connectivity index (χ4n) is 1.14. The fraction of sp³-hybridized carbons (Fsp3) is 0.625.